The van der Waals surface area contributed by atoms with Crippen LogP contribution in [0.5, 0.6) is 0 Å². The van der Waals surface area contributed by atoms with Gasteiger partial charge in [-0.25, -0.2) is 4.98 Å². The van der Waals surface area contributed by atoms with Gasteiger partial charge in [0.15, 0.2) is 0 Å². The molecule has 0 fully saturated rings. The Bertz CT molecular complexity index is 314. The van der Waals surface area contributed by atoms with Crippen LogP contribution in [0.3, 0.4) is 0 Å². The Balaban J connectivity index is 2.30. The number of rotatable bonds is 2. The van der Waals surface area contributed by atoms with Crippen molar-refractivity contribution in [3.63, 3.8) is 0 Å². The van der Waals surface area contributed by atoms with Gasteiger partial charge in [0.1, 0.15) is 5.82 Å². The van der Waals surface area contributed by atoms with E-state index in [1.807, 2.05) is 0 Å². The summed E-state index contributed by atoms with van der Waals surface area (Å²) in [6, 6.07) is 0. The minimum absolute atomic E-state index is 0.611. The fraction of sp³-hybridized carbons (Fsp3) is 0.750. The van der Waals surface area contributed by atoms with E-state index in [0.717, 1.165) is 0 Å². The molecule has 0 saturated carbocycles. The third-order valence-corrected chi connectivity index (χ3v) is 3.42. The number of nitrogens with zero attached hydrogens (tertiary/aromatic N) is 2. The van der Waals surface area contributed by atoms with Gasteiger partial charge in [0, 0.05) is 18.7 Å². The second-order valence-electron chi connectivity index (χ2n) is 4.57. The molecule has 1 aromatic heterocycles. The first-order chi connectivity index (χ1) is 6.72. The summed E-state index contributed by atoms with van der Waals surface area (Å²) >= 11 is 0. The van der Waals surface area contributed by atoms with Crippen molar-refractivity contribution in [3.8, 4) is 0 Å². The van der Waals surface area contributed by atoms with Gasteiger partial charge in [0.25, 0.3) is 0 Å². The summed E-state index contributed by atoms with van der Waals surface area (Å²) in [6.07, 6.45) is 6.06. The number of hydrogen-bond acceptors (Lipinski definition) is 1. The molecule has 1 aliphatic rings. The molecule has 0 radical (unpaired) electrons. The molecule has 0 amide bonds. The maximum absolute atomic E-state index is 4.77. The molecule has 78 valence electrons. The summed E-state index contributed by atoms with van der Waals surface area (Å²) in [5.74, 6) is 2.58. The number of hydrogen-bond donors (Lipinski definition) is 0. The summed E-state index contributed by atoms with van der Waals surface area (Å²) in [6.45, 7) is 7.95. The van der Waals surface area contributed by atoms with Crippen molar-refractivity contribution in [2.24, 2.45) is 0 Å². The Morgan fingerprint density at radius 1 is 1.64 bits per heavy atom. The molecule has 2 heterocycles. The monoisotopic (exact) mass is 192 g/mol. The standard InChI is InChI=1S/C12H20N2/c1-4-9(2)11-8-14-7-5-6-10(3)12(14)13-11/h8-10H,4-7H2,1-3H3. The molecule has 0 saturated heterocycles. The van der Waals surface area contributed by atoms with Crippen LogP contribution in [0.2, 0.25) is 0 Å². The smallest absolute Gasteiger partial charge is 0.111 e. The molecular weight excluding hydrogens is 172 g/mol. The first-order valence-electron chi connectivity index (χ1n) is 5.79. The largest absolute Gasteiger partial charge is 0.334 e. The summed E-state index contributed by atoms with van der Waals surface area (Å²) < 4.78 is 2.36. The van der Waals surface area contributed by atoms with Crippen LogP contribution in [0.15, 0.2) is 6.20 Å². The van der Waals surface area contributed by atoms with Crippen LogP contribution in [-0.2, 0) is 6.54 Å². The number of aromatic nitrogens is 2. The first-order valence-corrected chi connectivity index (χ1v) is 5.79. The fourth-order valence-electron chi connectivity index (χ4n) is 2.17. The van der Waals surface area contributed by atoms with Crippen molar-refractivity contribution in [3.05, 3.63) is 17.7 Å². The van der Waals surface area contributed by atoms with Gasteiger partial charge in [-0.3, -0.25) is 0 Å². The lowest BCUT2D eigenvalue weighted by atomic mass is 10.0. The van der Waals surface area contributed by atoms with Crippen molar-refractivity contribution in [2.45, 2.75) is 58.4 Å². The van der Waals surface area contributed by atoms with E-state index in [2.05, 4.69) is 31.5 Å². The zero-order valence-electron chi connectivity index (χ0n) is 9.45. The van der Waals surface area contributed by atoms with E-state index in [0.29, 0.717) is 11.8 Å². The van der Waals surface area contributed by atoms with Crippen molar-refractivity contribution < 1.29 is 0 Å². The summed E-state index contributed by atoms with van der Waals surface area (Å²) in [5.41, 5.74) is 1.29. The lowest BCUT2D eigenvalue weighted by molar-refractivity contribution is 0.463. The van der Waals surface area contributed by atoms with Crippen molar-refractivity contribution in [2.75, 3.05) is 0 Å². The van der Waals surface area contributed by atoms with Crippen LogP contribution in [0.25, 0.3) is 0 Å². The zero-order valence-corrected chi connectivity index (χ0v) is 9.45. The topological polar surface area (TPSA) is 17.8 Å². The Hall–Kier alpha value is -0.790. The van der Waals surface area contributed by atoms with E-state index < -0.39 is 0 Å². The quantitative estimate of drug-likeness (QED) is 0.703. The molecule has 0 aliphatic carbocycles. The molecule has 14 heavy (non-hydrogen) atoms. The van der Waals surface area contributed by atoms with E-state index in [9.17, 15) is 0 Å². The molecule has 2 atom stereocenters. The average molecular weight is 192 g/mol. The maximum atomic E-state index is 4.77. The van der Waals surface area contributed by atoms with Gasteiger partial charge in [0.05, 0.1) is 5.69 Å². The molecule has 2 unspecified atom stereocenters. The zero-order chi connectivity index (χ0) is 10.1. The van der Waals surface area contributed by atoms with E-state index >= 15 is 0 Å². The predicted molar refractivity (Wildman–Crippen MR) is 58.6 cm³/mol. The Labute approximate surface area is 86.3 Å². The van der Waals surface area contributed by atoms with Crippen LogP contribution in [-0.4, -0.2) is 9.55 Å². The summed E-state index contributed by atoms with van der Waals surface area (Å²) in [7, 11) is 0. The number of imidazole rings is 1. The molecular formula is C12H20N2. The second-order valence-corrected chi connectivity index (χ2v) is 4.57. The molecule has 0 bridgehead atoms. The third kappa shape index (κ3) is 1.58. The highest BCUT2D eigenvalue weighted by Crippen LogP contribution is 2.28. The van der Waals surface area contributed by atoms with E-state index in [1.54, 1.807) is 0 Å². The van der Waals surface area contributed by atoms with Gasteiger partial charge < -0.3 is 4.57 Å². The molecule has 2 nitrogen and oxygen atoms in total. The molecule has 0 aromatic carbocycles. The fourth-order valence-corrected chi connectivity index (χ4v) is 2.17. The van der Waals surface area contributed by atoms with Crippen LogP contribution in [0.4, 0.5) is 0 Å². The predicted octanol–water partition coefficient (Wildman–Crippen LogP) is 3.29. The third-order valence-electron chi connectivity index (χ3n) is 3.42. The minimum Gasteiger partial charge on any atom is -0.334 e. The highest BCUT2D eigenvalue weighted by molar-refractivity contribution is 5.12. The van der Waals surface area contributed by atoms with Gasteiger partial charge in [-0.2, -0.15) is 0 Å². The minimum atomic E-state index is 0.611. The van der Waals surface area contributed by atoms with E-state index in [1.165, 1.54) is 37.3 Å². The molecule has 1 aromatic rings. The molecule has 2 heteroatoms. The van der Waals surface area contributed by atoms with Gasteiger partial charge in [-0.05, 0) is 25.2 Å². The lowest BCUT2D eigenvalue weighted by Gasteiger charge is -2.19. The van der Waals surface area contributed by atoms with Gasteiger partial charge in [-0.15, -0.1) is 0 Å². The van der Waals surface area contributed by atoms with Crippen molar-refractivity contribution in [1.29, 1.82) is 0 Å². The second kappa shape index (κ2) is 3.76. The van der Waals surface area contributed by atoms with E-state index in [-0.39, 0.29) is 0 Å². The van der Waals surface area contributed by atoms with Crippen LogP contribution >= 0.6 is 0 Å². The van der Waals surface area contributed by atoms with Gasteiger partial charge in [-0.1, -0.05) is 20.8 Å². The Kier molecular flexibility index (Phi) is 2.62. The average Bonchev–Trinajstić information content (AvgIpc) is 2.62. The molecule has 1 aliphatic heterocycles. The van der Waals surface area contributed by atoms with Crippen molar-refractivity contribution >= 4 is 0 Å². The maximum Gasteiger partial charge on any atom is 0.111 e. The highest BCUT2D eigenvalue weighted by atomic mass is 15.1. The van der Waals surface area contributed by atoms with Crippen molar-refractivity contribution in [1.82, 2.24) is 9.55 Å². The number of aryl methyl sites for hydroxylation is 1. The number of fused-ring (bicyclic) bond motifs is 1. The summed E-state index contributed by atoms with van der Waals surface area (Å²) in [4.78, 5) is 4.77. The first kappa shape index (κ1) is 9.75. The molecule has 2 rings (SSSR count). The van der Waals surface area contributed by atoms with Gasteiger partial charge >= 0.3 is 0 Å². The SMILES string of the molecule is CCC(C)c1cn2c(n1)C(C)CCC2. The van der Waals surface area contributed by atoms with Crippen LogP contribution in [0.1, 0.15) is 63.4 Å². The normalized spacial score (nSPS) is 23.2. The molecule has 0 spiro atoms. The Morgan fingerprint density at radius 3 is 3.07 bits per heavy atom. The summed E-state index contributed by atoms with van der Waals surface area (Å²) in [5, 5.41) is 0. The highest BCUT2D eigenvalue weighted by Gasteiger charge is 2.20. The molecule has 0 N–H and O–H groups in total. The van der Waals surface area contributed by atoms with E-state index in [4.69, 9.17) is 4.98 Å². The Morgan fingerprint density at radius 2 is 2.43 bits per heavy atom. The lowest BCUT2D eigenvalue weighted by Crippen LogP contribution is -2.12. The van der Waals surface area contributed by atoms with Crippen LogP contribution in [0, 0.1) is 0 Å². The van der Waals surface area contributed by atoms with Crippen LogP contribution < -0.4 is 0 Å². The van der Waals surface area contributed by atoms with Gasteiger partial charge in [0.2, 0.25) is 0 Å².